The zero-order valence-corrected chi connectivity index (χ0v) is 12.7. The number of halogens is 1. The highest BCUT2D eigenvalue weighted by atomic mass is 79.9. The van der Waals surface area contributed by atoms with E-state index in [4.69, 9.17) is 0 Å². The maximum absolute atomic E-state index is 12.3. The first kappa shape index (κ1) is 13.7. The normalized spacial score (nSPS) is 23.9. The number of rotatable bonds is 3. The van der Waals surface area contributed by atoms with E-state index in [1.165, 1.54) is 19.3 Å². The monoisotopic (exact) mass is 312 g/mol. The highest BCUT2D eigenvalue weighted by molar-refractivity contribution is 9.10. The Morgan fingerprint density at radius 2 is 2.22 bits per heavy atom. The molecule has 0 aliphatic heterocycles. The lowest BCUT2D eigenvalue weighted by molar-refractivity contribution is 0.0901. The zero-order chi connectivity index (χ0) is 13.1. The zero-order valence-electron chi connectivity index (χ0n) is 11.1. The Hall–Kier alpha value is -0.770. The van der Waals surface area contributed by atoms with Crippen molar-refractivity contribution >= 4 is 21.8 Å². The van der Waals surface area contributed by atoms with Crippen LogP contribution in [0.5, 0.6) is 0 Å². The number of hydrogen-bond donors (Lipinski definition) is 1. The fraction of sp³-hybridized carbons (Fsp3) is 0.643. The van der Waals surface area contributed by atoms with Gasteiger partial charge in [0.25, 0.3) is 5.91 Å². The molecule has 0 saturated heterocycles. The molecule has 1 fully saturated rings. The molecule has 100 valence electrons. The average Bonchev–Trinajstić information content (AvgIpc) is 2.73. The first-order chi connectivity index (χ1) is 8.61. The fourth-order valence-electron chi connectivity index (χ4n) is 2.70. The SMILES string of the molecule is CCn1cc(Br)cc1C(=O)NC1CCCCC1C. The summed E-state index contributed by atoms with van der Waals surface area (Å²) < 4.78 is 2.94. The van der Waals surface area contributed by atoms with Gasteiger partial charge in [-0.3, -0.25) is 4.79 Å². The number of aromatic nitrogens is 1. The van der Waals surface area contributed by atoms with E-state index in [1.807, 2.05) is 23.8 Å². The van der Waals surface area contributed by atoms with Crippen LogP contribution in [0.15, 0.2) is 16.7 Å². The molecule has 18 heavy (non-hydrogen) atoms. The Morgan fingerprint density at radius 1 is 1.50 bits per heavy atom. The van der Waals surface area contributed by atoms with Crippen LogP contribution in [0.3, 0.4) is 0 Å². The van der Waals surface area contributed by atoms with Gasteiger partial charge < -0.3 is 9.88 Å². The van der Waals surface area contributed by atoms with Crippen LogP contribution in [0.2, 0.25) is 0 Å². The van der Waals surface area contributed by atoms with Gasteiger partial charge in [-0.2, -0.15) is 0 Å². The molecule has 2 rings (SSSR count). The van der Waals surface area contributed by atoms with E-state index in [0.717, 1.165) is 23.1 Å². The lowest BCUT2D eigenvalue weighted by atomic mass is 9.86. The van der Waals surface area contributed by atoms with E-state index >= 15 is 0 Å². The van der Waals surface area contributed by atoms with Crippen molar-refractivity contribution in [2.45, 2.75) is 52.1 Å². The molecular weight excluding hydrogens is 292 g/mol. The van der Waals surface area contributed by atoms with Crippen molar-refractivity contribution in [3.05, 3.63) is 22.4 Å². The van der Waals surface area contributed by atoms with Gasteiger partial charge in [-0.25, -0.2) is 0 Å². The lowest BCUT2D eigenvalue weighted by Gasteiger charge is -2.29. The van der Waals surface area contributed by atoms with Crippen LogP contribution in [0, 0.1) is 5.92 Å². The Morgan fingerprint density at radius 3 is 2.89 bits per heavy atom. The number of hydrogen-bond acceptors (Lipinski definition) is 1. The lowest BCUT2D eigenvalue weighted by Crippen LogP contribution is -2.41. The first-order valence-electron chi connectivity index (χ1n) is 6.78. The van der Waals surface area contributed by atoms with Crippen molar-refractivity contribution in [2.24, 2.45) is 5.92 Å². The Labute approximate surface area is 117 Å². The van der Waals surface area contributed by atoms with Gasteiger partial charge in [-0.05, 0) is 47.7 Å². The van der Waals surface area contributed by atoms with Crippen LogP contribution < -0.4 is 5.32 Å². The van der Waals surface area contributed by atoms with E-state index < -0.39 is 0 Å². The summed E-state index contributed by atoms with van der Waals surface area (Å²) >= 11 is 3.43. The van der Waals surface area contributed by atoms with Crippen LogP contribution in [-0.4, -0.2) is 16.5 Å². The van der Waals surface area contributed by atoms with Crippen molar-refractivity contribution in [1.82, 2.24) is 9.88 Å². The molecule has 1 aromatic heterocycles. The molecule has 0 radical (unpaired) electrons. The van der Waals surface area contributed by atoms with Gasteiger partial charge in [-0.15, -0.1) is 0 Å². The summed E-state index contributed by atoms with van der Waals surface area (Å²) in [5, 5.41) is 3.19. The van der Waals surface area contributed by atoms with Crippen molar-refractivity contribution in [3.8, 4) is 0 Å². The van der Waals surface area contributed by atoms with Crippen LogP contribution in [0.1, 0.15) is 50.0 Å². The van der Waals surface area contributed by atoms with Crippen LogP contribution >= 0.6 is 15.9 Å². The molecule has 1 saturated carbocycles. The molecule has 1 amide bonds. The van der Waals surface area contributed by atoms with E-state index in [-0.39, 0.29) is 5.91 Å². The second-order valence-electron chi connectivity index (χ2n) is 5.17. The second-order valence-corrected chi connectivity index (χ2v) is 6.09. The highest BCUT2D eigenvalue weighted by Crippen LogP contribution is 2.24. The third-order valence-corrected chi connectivity index (χ3v) is 4.30. The first-order valence-corrected chi connectivity index (χ1v) is 7.57. The Bertz CT molecular complexity index is 427. The quantitative estimate of drug-likeness (QED) is 0.909. The number of carbonyl (C=O) groups excluding carboxylic acids is 1. The van der Waals surface area contributed by atoms with Crippen molar-refractivity contribution in [3.63, 3.8) is 0 Å². The van der Waals surface area contributed by atoms with E-state index in [0.29, 0.717) is 12.0 Å². The average molecular weight is 313 g/mol. The third-order valence-electron chi connectivity index (χ3n) is 3.86. The van der Waals surface area contributed by atoms with Crippen molar-refractivity contribution < 1.29 is 4.79 Å². The summed E-state index contributed by atoms with van der Waals surface area (Å²) in [5.41, 5.74) is 0.752. The number of nitrogens with one attached hydrogen (secondary N) is 1. The second kappa shape index (κ2) is 5.91. The summed E-state index contributed by atoms with van der Waals surface area (Å²) in [6.45, 7) is 5.10. The number of nitrogens with zero attached hydrogens (tertiary/aromatic N) is 1. The topological polar surface area (TPSA) is 34.0 Å². The Balaban J connectivity index is 2.06. The molecule has 2 unspecified atom stereocenters. The van der Waals surface area contributed by atoms with E-state index in [1.54, 1.807) is 0 Å². The summed E-state index contributed by atoms with van der Waals surface area (Å²) in [6, 6.07) is 2.23. The molecule has 0 bridgehead atoms. The van der Waals surface area contributed by atoms with Gasteiger partial charge in [0, 0.05) is 23.3 Å². The van der Waals surface area contributed by atoms with Gasteiger partial charge in [0.2, 0.25) is 0 Å². The van der Waals surface area contributed by atoms with E-state index in [2.05, 4.69) is 28.2 Å². The van der Waals surface area contributed by atoms with Gasteiger partial charge >= 0.3 is 0 Å². The Kier molecular flexibility index (Phi) is 4.49. The molecule has 1 N–H and O–H groups in total. The summed E-state index contributed by atoms with van der Waals surface area (Å²) in [5.74, 6) is 0.650. The van der Waals surface area contributed by atoms with Gasteiger partial charge in [0.15, 0.2) is 0 Å². The van der Waals surface area contributed by atoms with Crippen LogP contribution in [0.25, 0.3) is 0 Å². The van der Waals surface area contributed by atoms with Crippen LogP contribution in [-0.2, 0) is 6.54 Å². The smallest absolute Gasteiger partial charge is 0.268 e. The van der Waals surface area contributed by atoms with Gasteiger partial charge in [0.1, 0.15) is 5.69 Å². The maximum Gasteiger partial charge on any atom is 0.268 e. The standard InChI is InChI=1S/C14H21BrN2O/c1-3-17-9-11(15)8-13(17)14(18)16-12-7-5-4-6-10(12)2/h8-10,12H,3-7H2,1-2H3,(H,16,18). The van der Waals surface area contributed by atoms with E-state index in [9.17, 15) is 4.79 Å². The summed E-state index contributed by atoms with van der Waals surface area (Å²) in [7, 11) is 0. The number of aryl methyl sites for hydroxylation is 1. The minimum Gasteiger partial charge on any atom is -0.348 e. The van der Waals surface area contributed by atoms with Crippen molar-refractivity contribution in [2.75, 3.05) is 0 Å². The molecule has 0 spiro atoms. The van der Waals surface area contributed by atoms with Gasteiger partial charge in [-0.1, -0.05) is 19.8 Å². The highest BCUT2D eigenvalue weighted by Gasteiger charge is 2.24. The predicted octanol–water partition coefficient (Wildman–Crippen LogP) is 3.58. The molecule has 1 aliphatic carbocycles. The molecule has 1 aromatic rings. The molecular formula is C14H21BrN2O. The molecule has 4 heteroatoms. The summed E-state index contributed by atoms with van der Waals surface area (Å²) in [4.78, 5) is 12.3. The minimum absolute atomic E-state index is 0.0568. The fourth-order valence-corrected chi connectivity index (χ4v) is 3.16. The largest absolute Gasteiger partial charge is 0.348 e. The minimum atomic E-state index is 0.0568. The molecule has 1 heterocycles. The third kappa shape index (κ3) is 2.97. The number of amides is 1. The predicted molar refractivity (Wildman–Crippen MR) is 76.7 cm³/mol. The number of carbonyl (C=O) groups is 1. The van der Waals surface area contributed by atoms with Gasteiger partial charge in [0.05, 0.1) is 0 Å². The van der Waals surface area contributed by atoms with Crippen LogP contribution in [0.4, 0.5) is 0 Å². The molecule has 3 nitrogen and oxygen atoms in total. The molecule has 1 aliphatic rings. The molecule has 0 aromatic carbocycles. The maximum atomic E-state index is 12.3. The van der Waals surface area contributed by atoms with Crippen molar-refractivity contribution in [1.29, 1.82) is 0 Å². The summed E-state index contributed by atoms with van der Waals surface area (Å²) in [6.07, 6.45) is 6.82. The molecule has 2 atom stereocenters.